The molecular weight excluding hydrogens is 500 g/mol. The Morgan fingerprint density at radius 1 is 1.18 bits per heavy atom. The molecule has 2 heterocycles. The molecule has 0 spiro atoms. The number of nitriles is 1. The summed E-state index contributed by atoms with van der Waals surface area (Å²) >= 11 is 6.72. The Bertz CT molecular complexity index is 1540. The van der Waals surface area contributed by atoms with E-state index in [1.165, 1.54) is 18.3 Å². The van der Waals surface area contributed by atoms with Crippen LogP contribution in [0.5, 0.6) is 0 Å². The first-order valence-corrected chi connectivity index (χ1v) is 13.0. The third-order valence-corrected chi connectivity index (χ3v) is 7.70. The lowest BCUT2D eigenvalue weighted by molar-refractivity contribution is 0.408. The van der Waals surface area contributed by atoms with Crippen molar-refractivity contribution < 1.29 is 4.39 Å². The van der Waals surface area contributed by atoms with E-state index >= 15 is 0 Å². The van der Waals surface area contributed by atoms with Crippen LogP contribution in [0.3, 0.4) is 0 Å². The minimum atomic E-state index is -1.34. The number of aromatic nitrogens is 4. The fraction of sp³-hybridized carbons (Fsp3) is 0.357. The summed E-state index contributed by atoms with van der Waals surface area (Å²) in [7, 11) is 7.01. The lowest BCUT2D eigenvalue weighted by Crippen LogP contribution is -2.38. The average Bonchev–Trinajstić information content (AvgIpc) is 3.60. The van der Waals surface area contributed by atoms with E-state index in [-0.39, 0.29) is 17.3 Å². The second-order valence-electron chi connectivity index (χ2n) is 10.8. The topological polar surface area (TPSA) is 91.5 Å². The van der Waals surface area contributed by atoms with Gasteiger partial charge in [-0.05, 0) is 62.4 Å². The summed E-state index contributed by atoms with van der Waals surface area (Å²) in [4.78, 5) is 4.46. The average molecular weight is 528 g/mol. The van der Waals surface area contributed by atoms with E-state index in [1.54, 1.807) is 18.2 Å². The summed E-state index contributed by atoms with van der Waals surface area (Å²) in [6.07, 6.45) is 5.44. The molecule has 1 fully saturated rings. The second-order valence-corrected chi connectivity index (χ2v) is 11.2. The summed E-state index contributed by atoms with van der Waals surface area (Å²) in [5.74, 6) is -0.0941. The lowest BCUT2D eigenvalue weighted by Gasteiger charge is -2.33. The maximum Gasteiger partial charge on any atom is 0.123 e. The molecular formula is C28H28BClFN7. The number of halogens is 2. The van der Waals surface area contributed by atoms with E-state index in [9.17, 15) is 9.65 Å². The molecule has 38 heavy (non-hydrogen) atoms. The van der Waals surface area contributed by atoms with E-state index in [0.717, 1.165) is 12.8 Å². The van der Waals surface area contributed by atoms with E-state index in [2.05, 4.69) is 59.7 Å². The Balaban J connectivity index is 1.64. The quantitative estimate of drug-likeness (QED) is 0.267. The maximum atomic E-state index is 13.8. The highest BCUT2D eigenvalue weighted by atomic mass is 35.5. The van der Waals surface area contributed by atoms with Crippen molar-refractivity contribution >= 4 is 41.7 Å². The SMILES string of the molecule is [B]C(Nc1cc(Cl)c2ncc(C#N)c(NC(C)(C)C(C)C)c2c1)(c1ccc(F)cc1)c1cn(C2CC2)nn1. The molecule has 7 nitrogen and oxygen atoms in total. The Morgan fingerprint density at radius 2 is 1.89 bits per heavy atom. The highest BCUT2D eigenvalue weighted by molar-refractivity contribution is 6.36. The second kappa shape index (κ2) is 9.59. The van der Waals surface area contributed by atoms with Crippen LogP contribution in [-0.2, 0) is 5.44 Å². The largest absolute Gasteiger partial charge is 0.378 e. The van der Waals surface area contributed by atoms with Gasteiger partial charge >= 0.3 is 0 Å². The van der Waals surface area contributed by atoms with Crippen LogP contribution < -0.4 is 10.6 Å². The van der Waals surface area contributed by atoms with E-state index in [0.29, 0.717) is 50.2 Å². The molecule has 0 aliphatic heterocycles. The first kappa shape index (κ1) is 26.0. The van der Waals surface area contributed by atoms with Crippen LogP contribution in [0.2, 0.25) is 5.02 Å². The molecule has 1 atom stereocenters. The standard InChI is InChI=1S/C28H28BClFN7/c1-16(2)27(3,4)35-25-17(13-32)14-33-26-22(25)11-20(12-23(26)30)34-28(29,18-5-7-19(31)8-6-18)24-15-38(37-36-24)21-9-10-21/h5-8,11-12,14-16,21,34H,9-10H2,1-4H3,(H,33,35). The van der Waals surface area contributed by atoms with Crippen LogP contribution in [0.4, 0.5) is 15.8 Å². The monoisotopic (exact) mass is 527 g/mol. The summed E-state index contributed by atoms with van der Waals surface area (Å²) in [6, 6.07) is 12.1. The van der Waals surface area contributed by atoms with Gasteiger partial charge in [0.05, 0.1) is 39.5 Å². The van der Waals surface area contributed by atoms with Gasteiger partial charge in [-0.2, -0.15) is 5.26 Å². The van der Waals surface area contributed by atoms with Crippen LogP contribution in [-0.4, -0.2) is 33.4 Å². The van der Waals surface area contributed by atoms with Crippen molar-refractivity contribution in [3.63, 3.8) is 0 Å². The molecule has 4 aromatic rings. The minimum Gasteiger partial charge on any atom is -0.378 e. The first-order chi connectivity index (χ1) is 18.0. The third-order valence-electron chi connectivity index (χ3n) is 7.41. The van der Waals surface area contributed by atoms with Crippen molar-refractivity contribution in [2.75, 3.05) is 10.6 Å². The molecule has 1 unspecified atom stereocenters. The Kier molecular flexibility index (Phi) is 6.56. The molecule has 1 aliphatic carbocycles. The van der Waals surface area contributed by atoms with Crippen LogP contribution in [0, 0.1) is 23.1 Å². The zero-order valence-corrected chi connectivity index (χ0v) is 22.5. The minimum absolute atomic E-state index is 0.276. The smallest absolute Gasteiger partial charge is 0.123 e. The third kappa shape index (κ3) is 4.81. The van der Waals surface area contributed by atoms with Crippen LogP contribution in [0.1, 0.15) is 63.4 Å². The molecule has 2 N–H and O–H groups in total. The summed E-state index contributed by atoms with van der Waals surface area (Å²) in [6.45, 7) is 8.39. The van der Waals surface area contributed by atoms with Crippen LogP contribution in [0.15, 0.2) is 48.8 Å². The maximum absolute atomic E-state index is 13.8. The van der Waals surface area contributed by atoms with Gasteiger partial charge in [-0.25, -0.2) is 9.07 Å². The molecule has 0 bridgehead atoms. The van der Waals surface area contributed by atoms with Crippen molar-refractivity contribution in [1.82, 2.24) is 20.0 Å². The van der Waals surface area contributed by atoms with E-state index in [1.807, 2.05) is 16.9 Å². The molecule has 192 valence electrons. The number of hydrogen-bond acceptors (Lipinski definition) is 6. The highest BCUT2D eigenvalue weighted by Gasteiger charge is 2.34. The summed E-state index contributed by atoms with van der Waals surface area (Å²) in [5, 5.41) is 26.5. The Hall–Kier alpha value is -3.64. The summed E-state index contributed by atoms with van der Waals surface area (Å²) < 4.78 is 15.6. The number of nitrogens with zero attached hydrogens (tertiary/aromatic N) is 5. The highest BCUT2D eigenvalue weighted by Crippen LogP contribution is 2.39. The van der Waals surface area contributed by atoms with Gasteiger partial charge in [0.1, 0.15) is 25.4 Å². The zero-order chi connectivity index (χ0) is 27.2. The normalized spacial score (nSPS) is 15.3. The fourth-order valence-electron chi connectivity index (χ4n) is 4.22. The number of rotatable bonds is 8. The molecule has 0 saturated heterocycles. The predicted octanol–water partition coefficient (Wildman–Crippen LogP) is 6.15. The number of fused-ring (bicyclic) bond motifs is 1. The van der Waals surface area contributed by atoms with Crippen molar-refractivity contribution in [3.05, 3.63) is 76.5 Å². The van der Waals surface area contributed by atoms with Crippen molar-refractivity contribution in [2.24, 2.45) is 5.92 Å². The van der Waals surface area contributed by atoms with Crippen molar-refractivity contribution in [3.8, 4) is 6.07 Å². The van der Waals surface area contributed by atoms with Gasteiger partial charge < -0.3 is 10.6 Å². The number of benzene rings is 2. The molecule has 1 saturated carbocycles. The molecule has 0 amide bonds. The van der Waals surface area contributed by atoms with Crippen molar-refractivity contribution in [2.45, 2.75) is 57.6 Å². The number of hydrogen-bond donors (Lipinski definition) is 2. The molecule has 1 aliphatic rings. The Morgan fingerprint density at radius 3 is 2.53 bits per heavy atom. The molecule has 2 aromatic heterocycles. The van der Waals surface area contributed by atoms with Crippen LogP contribution in [0.25, 0.3) is 10.9 Å². The zero-order valence-electron chi connectivity index (χ0n) is 21.8. The van der Waals surface area contributed by atoms with E-state index < -0.39 is 5.44 Å². The number of anilines is 2. The van der Waals surface area contributed by atoms with E-state index in [4.69, 9.17) is 19.4 Å². The van der Waals surface area contributed by atoms with Gasteiger partial charge in [0.15, 0.2) is 0 Å². The molecule has 2 aromatic carbocycles. The summed E-state index contributed by atoms with van der Waals surface area (Å²) in [5.41, 5.74) is 1.61. The van der Waals surface area contributed by atoms with Gasteiger partial charge in [0.25, 0.3) is 0 Å². The van der Waals surface area contributed by atoms with Crippen LogP contribution >= 0.6 is 11.6 Å². The molecule has 10 heteroatoms. The van der Waals surface area contributed by atoms with Gasteiger partial charge in [0, 0.05) is 22.8 Å². The lowest BCUT2D eigenvalue weighted by atomic mass is 9.69. The predicted molar refractivity (Wildman–Crippen MR) is 149 cm³/mol. The molecule has 5 rings (SSSR count). The van der Waals surface area contributed by atoms with Crippen molar-refractivity contribution in [1.29, 1.82) is 5.26 Å². The van der Waals surface area contributed by atoms with Gasteiger partial charge in [0.2, 0.25) is 0 Å². The Labute approximate surface area is 227 Å². The fourth-order valence-corrected chi connectivity index (χ4v) is 4.49. The van der Waals surface area contributed by atoms with Gasteiger partial charge in [-0.15, -0.1) is 5.10 Å². The number of pyridine rings is 1. The first-order valence-electron chi connectivity index (χ1n) is 12.6. The van der Waals surface area contributed by atoms with Gasteiger partial charge in [-0.3, -0.25) is 4.98 Å². The number of nitrogens with one attached hydrogen (secondary N) is 2. The molecule has 2 radical (unpaired) electrons. The van der Waals surface area contributed by atoms with Gasteiger partial charge in [-0.1, -0.05) is 42.8 Å².